The van der Waals surface area contributed by atoms with Gasteiger partial charge in [0.15, 0.2) is 0 Å². The number of aromatic nitrogens is 4. The zero-order valence-electron chi connectivity index (χ0n) is 54.3. The summed E-state index contributed by atoms with van der Waals surface area (Å²) in [6.07, 6.45) is 3.45. The Morgan fingerprint density at radius 1 is 0.429 bits per heavy atom. The van der Waals surface area contributed by atoms with Crippen LogP contribution < -0.4 is 0 Å². The van der Waals surface area contributed by atoms with E-state index in [4.69, 9.17) is 9.97 Å². The SMILES string of the molecule is CCC1=C(C)c2nc1cc1[nH]c(c(C)c1CC)c(-c1cc(C(C)(C)C)cc(C(C)(C)C)c1)c1[nH]c(cc3nc(c2-c2ccc(C#Cc4ccc(C#Cc5ccc(C#C[Si](C(C)C)(C(C)C)C(C)C)cc5)cc4)cc2)C(C)=C3CC)c(CC)c1C. The number of aromatic amines is 2. The number of H-pyrrole nitrogens is 2. The van der Waals surface area contributed by atoms with E-state index in [1.807, 2.05) is 0 Å². The molecule has 0 fully saturated rings. The van der Waals surface area contributed by atoms with Gasteiger partial charge in [0.2, 0.25) is 0 Å². The molecule has 5 heteroatoms. The van der Waals surface area contributed by atoms with Gasteiger partial charge in [0.05, 0.1) is 33.8 Å². The molecular formula is C79H90N4Si. The number of hydrogen-bond acceptors (Lipinski definition) is 2. The smallest absolute Gasteiger partial charge is 0.146 e. The van der Waals surface area contributed by atoms with Crippen molar-refractivity contribution in [3.05, 3.63) is 187 Å². The standard InChI is InChI=1S/C79H90N4Si/c1-21-64-51(11)74-72(60-39-37-58(38-40-60)32-31-56-27-25-55(26-28-56)29-30-57-33-35-59(36-34-57)41-42-84(48(5)6,49(7)8)50(9)10)75-52(12)65(22-2)69(81-75)47-71-67(24-4)54(14)77(83-71)73(76-53(13)66(23-3)70(82-76)46-68(64)80-74)61-43-62(78(15,16)17)45-63(44-61)79(18,19)20/h25-28,33-40,43-50,82-83H,21-24H2,1-20H3. The monoisotopic (exact) mass is 1120 g/mol. The van der Waals surface area contributed by atoms with Crippen LogP contribution in [0.15, 0.2) is 103 Å². The van der Waals surface area contributed by atoms with E-state index in [1.54, 1.807) is 0 Å². The fourth-order valence-electron chi connectivity index (χ4n) is 13.4. The molecule has 4 nitrogen and oxygen atoms in total. The molecule has 2 aliphatic rings. The fourth-order valence-corrected chi connectivity index (χ4v) is 18.6. The normalized spacial score (nSPS) is 12.9. The molecule has 430 valence electrons. The van der Waals surface area contributed by atoms with Crippen LogP contribution in [0, 0.1) is 49.0 Å². The van der Waals surface area contributed by atoms with E-state index in [0.29, 0.717) is 16.6 Å². The van der Waals surface area contributed by atoms with Crippen LogP contribution in [0.4, 0.5) is 0 Å². The number of aryl methyl sites for hydroxylation is 4. The lowest BCUT2D eigenvalue weighted by Gasteiger charge is -2.38. The first-order valence-electron chi connectivity index (χ1n) is 31.1. The van der Waals surface area contributed by atoms with E-state index in [1.165, 1.54) is 66.8 Å². The molecule has 9 rings (SSSR count). The number of nitrogens with one attached hydrogen (secondary N) is 2. The molecule has 0 radical (unpaired) electrons. The van der Waals surface area contributed by atoms with Gasteiger partial charge < -0.3 is 9.97 Å². The Hall–Kier alpha value is -7.62. The summed E-state index contributed by atoms with van der Waals surface area (Å²) in [6, 6.07) is 37.3. The van der Waals surface area contributed by atoms with Gasteiger partial charge in [-0.3, -0.25) is 0 Å². The molecule has 0 atom stereocenters. The second-order valence-electron chi connectivity index (χ2n) is 26.6. The Bertz CT molecular complexity index is 3960. The van der Waals surface area contributed by atoms with Crippen molar-refractivity contribution in [2.75, 3.05) is 0 Å². The third-order valence-corrected chi connectivity index (χ3v) is 24.7. The predicted molar refractivity (Wildman–Crippen MR) is 366 cm³/mol. The van der Waals surface area contributed by atoms with Crippen molar-refractivity contribution in [2.24, 2.45) is 0 Å². The highest BCUT2D eigenvalue weighted by atomic mass is 28.3. The molecule has 8 bridgehead atoms. The highest BCUT2D eigenvalue weighted by Crippen LogP contribution is 2.46. The van der Waals surface area contributed by atoms with Gasteiger partial charge in [-0.15, -0.1) is 5.54 Å². The summed E-state index contributed by atoms with van der Waals surface area (Å²) < 4.78 is 0. The van der Waals surface area contributed by atoms with Crippen LogP contribution in [-0.4, -0.2) is 28.0 Å². The quantitative estimate of drug-likeness (QED) is 0.112. The first-order chi connectivity index (χ1) is 39.8. The minimum Gasteiger partial charge on any atom is -0.354 e. The van der Waals surface area contributed by atoms with Crippen LogP contribution in [0.5, 0.6) is 0 Å². The van der Waals surface area contributed by atoms with Crippen molar-refractivity contribution in [2.45, 2.75) is 192 Å². The molecule has 0 saturated heterocycles. The van der Waals surface area contributed by atoms with Gasteiger partial charge in [0, 0.05) is 50.0 Å². The molecule has 0 unspecified atom stereocenters. The molecule has 2 aliphatic heterocycles. The van der Waals surface area contributed by atoms with E-state index in [9.17, 15) is 0 Å². The summed E-state index contributed by atoms with van der Waals surface area (Å²) in [6.45, 7) is 46.3. The Morgan fingerprint density at radius 2 is 0.774 bits per heavy atom. The summed E-state index contributed by atoms with van der Waals surface area (Å²) in [5, 5.41) is 0. The van der Waals surface area contributed by atoms with E-state index in [-0.39, 0.29) is 10.8 Å². The van der Waals surface area contributed by atoms with Gasteiger partial charge in [-0.1, -0.05) is 171 Å². The van der Waals surface area contributed by atoms with E-state index < -0.39 is 8.07 Å². The molecule has 0 saturated carbocycles. The molecule has 0 amide bonds. The molecule has 2 N–H and O–H groups in total. The maximum Gasteiger partial charge on any atom is 0.146 e. The molecule has 0 spiro atoms. The molecule has 3 aromatic heterocycles. The maximum absolute atomic E-state index is 5.69. The first kappa shape index (κ1) is 61.0. The Labute approximate surface area is 505 Å². The zero-order valence-corrected chi connectivity index (χ0v) is 55.3. The number of rotatable bonds is 9. The Balaban J connectivity index is 1.15. The van der Waals surface area contributed by atoms with Crippen LogP contribution in [0.1, 0.15) is 221 Å². The highest BCUT2D eigenvalue weighted by molar-refractivity contribution is 6.90. The molecule has 0 aliphatic carbocycles. The van der Waals surface area contributed by atoms with Crippen molar-refractivity contribution >= 4 is 52.4 Å². The zero-order chi connectivity index (χ0) is 60.7. The lowest BCUT2D eigenvalue weighted by Crippen LogP contribution is -2.43. The maximum atomic E-state index is 5.69. The third kappa shape index (κ3) is 11.8. The third-order valence-electron chi connectivity index (χ3n) is 18.4. The summed E-state index contributed by atoms with van der Waals surface area (Å²) in [5.74, 6) is 17.2. The number of allylic oxidation sites excluding steroid dienone is 4. The summed E-state index contributed by atoms with van der Waals surface area (Å²) in [7, 11) is -1.80. The van der Waals surface area contributed by atoms with Crippen molar-refractivity contribution in [3.8, 4) is 57.4 Å². The van der Waals surface area contributed by atoms with Crippen molar-refractivity contribution in [1.29, 1.82) is 0 Å². The van der Waals surface area contributed by atoms with Crippen LogP contribution in [-0.2, 0) is 23.7 Å². The molecule has 84 heavy (non-hydrogen) atoms. The Kier molecular flexibility index (Phi) is 17.5. The molecule has 4 aromatic carbocycles. The van der Waals surface area contributed by atoms with Gasteiger partial charge in [0.25, 0.3) is 0 Å². The molecule has 7 aromatic rings. The van der Waals surface area contributed by atoms with Crippen molar-refractivity contribution < 1.29 is 0 Å². The summed E-state index contributed by atoms with van der Waals surface area (Å²) >= 11 is 0. The van der Waals surface area contributed by atoms with Crippen molar-refractivity contribution in [3.63, 3.8) is 0 Å². The first-order valence-corrected chi connectivity index (χ1v) is 33.3. The average molecular weight is 1120 g/mol. The second kappa shape index (κ2) is 24.2. The van der Waals surface area contributed by atoms with Crippen molar-refractivity contribution in [1.82, 2.24) is 19.9 Å². The van der Waals surface area contributed by atoms with E-state index >= 15 is 0 Å². The largest absolute Gasteiger partial charge is 0.354 e. The Morgan fingerprint density at radius 3 is 1.10 bits per heavy atom. The van der Waals surface area contributed by atoms with Gasteiger partial charge in [-0.2, -0.15) is 0 Å². The van der Waals surface area contributed by atoms with Gasteiger partial charge in [-0.25, -0.2) is 9.97 Å². The fraction of sp³-hybridized carbons (Fsp3) is 0.367. The lowest BCUT2D eigenvalue weighted by atomic mass is 9.78. The van der Waals surface area contributed by atoms with Gasteiger partial charge in [-0.05, 0) is 220 Å². The minimum atomic E-state index is -1.80. The number of benzene rings is 4. The lowest BCUT2D eigenvalue weighted by molar-refractivity contribution is 0.569. The van der Waals surface area contributed by atoms with Crippen LogP contribution >= 0.6 is 0 Å². The van der Waals surface area contributed by atoms with E-state index in [2.05, 4.69) is 287 Å². The van der Waals surface area contributed by atoms with Crippen LogP contribution in [0.2, 0.25) is 16.6 Å². The average Bonchev–Trinajstić information content (AvgIpc) is 2.56. The van der Waals surface area contributed by atoms with E-state index in [0.717, 1.165) is 109 Å². The topological polar surface area (TPSA) is 57.4 Å². The second-order valence-corrected chi connectivity index (χ2v) is 32.1. The summed E-state index contributed by atoms with van der Waals surface area (Å²) in [4.78, 5) is 19.6. The van der Waals surface area contributed by atoms with Crippen LogP contribution in [0.25, 0.3) is 66.6 Å². The number of fused-ring (bicyclic) bond motifs is 8. The number of hydrogen-bond donors (Lipinski definition) is 2. The minimum absolute atomic E-state index is 0.0516. The van der Waals surface area contributed by atoms with Gasteiger partial charge >= 0.3 is 0 Å². The van der Waals surface area contributed by atoms with Gasteiger partial charge in [0.1, 0.15) is 8.07 Å². The predicted octanol–water partition coefficient (Wildman–Crippen LogP) is 21.0. The highest BCUT2D eigenvalue weighted by Gasteiger charge is 2.42. The molecule has 5 heterocycles. The molecular weight excluding hydrogens is 1030 g/mol. The van der Waals surface area contributed by atoms with Crippen LogP contribution in [0.3, 0.4) is 0 Å². The number of nitrogens with zero attached hydrogens (tertiary/aromatic N) is 2. The summed E-state index contributed by atoms with van der Waals surface area (Å²) in [5.41, 5.74) is 36.1.